The van der Waals surface area contributed by atoms with Gasteiger partial charge in [0.1, 0.15) is 12.1 Å². The van der Waals surface area contributed by atoms with Crippen molar-refractivity contribution < 1.29 is 18.0 Å². The fourth-order valence-corrected chi connectivity index (χ4v) is 2.97. The lowest BCUT2D eigenvalue weighted by molar-refractivity contribution is -0.139. The Morgan fingerprint density at radius 3 is 2.38 bits per heavy atom. The summed E-state index contributed by atoms with van der Waals surface area (Å²) in [6.45, 7) is 4.90. The predicted octanol–water partition coefficient (Wildman–Crippen LogP) is 3.62. The number of alkyl halides is 3. The molecule has 29 heavy (non-hydrogen) atoms. The summed E-state index contributed by atoms with van der Waals surface area (Å²) in [5.41, 5.74) is 0.993. The molecule has 0 aliphatic heterocycles. The molecule has 0 bridgehead atoms. The van der Waals surface area contributed by atoms with Crippen molar-refractivity contribution in [1.82, 2.24) is 14.3 Å². The SMILES string of the molecule is Cc1ccc(-n2nc(C)c(NC(=O)Cn3cccc(C(F)(F)F)c3=O)c2C)cc1. The molecular weight excluding hydrogens is 385 g/mol. The quantitative estimate of drug-likeness (QED) is 0.722. The highest BCUT2D eigenvalue weighted by Gasteiger charge is 2.34. The molecule has 6 nitrogen and oxygen atoms in total. The summed E-state index contributed by atoms with van der Waals surface area (Å²) in [6, 6.07) is 9.43. The highest BCUT2D eigenvalue weighted by atomic mass is 19.4. The highest BCUT2D eigenvalue weighted by Crippen LogP contribution is 2.26. The number of anilines is 1. The molecule has 2 aromatic heterocycles. The van der Waals surface area contributed by atoms with Crippen molar-refractivity contribution in [3.05, 3.63) is 75.5 Å². The van der Waals surface area contributed by atoms with E-state index >= 15 is 0 Å². The zero-order valence-electron chi connectivity index (χ0n) is 16.0. The number of aromatic nitrogens is 3. The van der Waals surface area contributed by atoms with Gasteiger partial charge in [0.25, 0.3) is 5.56 Å². The lowest BCUT2D eigenvalue weighted by Crippen LogP contribution is -2.32. The Balaban J connectivity index is 1.84. The van der Waals surface area contributed by atoms with Crippen molar-refractivity contribution in [2.24, 2.45) is 0 Å². The summed E-state index contributed by atoms with van der Waals surface area (Å²) in [6.07, 6.45) is -3.63. The van der Waals surface area contributed by atoms with Crippen LogP contribution in [0, 0.1) is 20.8 Å². The maximum atomic E-state index is 12.9. The average Bonchev–Trinajstić information content (AvgIpc) is 2.91. The lowest BCUT2D eigenvalue weighted by atomic mass is 10.2. The first-order valence-electron chi connectivity index (χ1n) is 8.77. The zero-order chi connectivity index (χ0) is 21.3. The Labute approximate surface area is 164 Å². The molecule has 3 aromatic rings. The second-order valence-corrected chi connectivity index (χ2v) is 6.69. The summed E-state index contributed by atoms with van der Waals surface area (Å²) < 4.78 is 41.0. The number of hydrogen-bond acceptors (Lipinski definition) is 3. The third-order valence-corrected chi connectivity index (χ3v) is 4.47. The molecule has 0 aliphatic rings. The van der Waals surface area contributed by atoms with Gasteiger partial charge in [-0.3, -0.25) is 9.59 Å². The van der Waals surface area contributed by atoms with E-state index in [1.807, 2.05) is 31.2 Å². The van der Waals surface area contributed by atoms with Gasteiger partial charge in [0, 0.05) is 6.20 Å². The summed E-state index contributed by atoms with van der Waals surface area (Å²) in [5.74, 6) is -0.624. The minimum absolute atomic E-state index is 0.454. The van der Waals surface area contributed by atoms with Gasteiger partial charge in [-0.1, -0.05) is 17.7 Å². The maximum absolute atomic E-state index is 12.9. The first-order valence-corrected chi connectivity index (χ1v) is 8.77. The van der Waals surface area contributed by atoms with E-state index in [0.29, 0.717) is 23.1 Å². The number of carbonyl (C=O) groups excluding carboxylic acids is 1. The fourth-order valence-electron chi connectivity index (χ4n) is 2.97. The molecule has 0 aliphatic carbocycles. The smallest absolute Gasteiger partial charge is 0.321 e. The number of halogens is 3. The molecule has 0 atom stereocenters. The number of amides is 1. The van der Waals surface area contributed by atoms with Crippen LogP contribution in [-0.4, -0.2) is 20.3 Å². The molecule has 0 spiro atoms. The van der Waals surface area contributed by atoms with Crippen LogP contribution >= 0.6 is 0 Å². The van der Waals surface area contributed by atoms with Gasteiger partial charge in [-0.2, -0.15) is 18.3 Å². The van der Waals surface area contributed by atoms with Crippen LogP contribution in [0.25, 0.3) is 5.69 Å². The Bertz CT molecular complexity index is 1110. The molecule has 0 unspecified atom stereocenters. The molecule has 3 rings (SSSR count). The van der Waals surface area contributed by atoms with E-state index in [0.717, 1.165) is 28.1 Å². The van der Waals surface area contributed by atoms with Crippen LogP contribution in [0.5, 0.6) is 0 Å². The Hall–Kier alpha value is -3.36. The van der Waals surface area contributed by atoms with Gasteiger partial charge in [-0.05, 0) is 45.0 Å². The number of benzene rings is 1. The molecule has 152 valence electrons. The van der Waals surface area contributed by atoms with E-state index in [1.54, 1.807) is 18.5 Å². The molecule has 0 radical (unpaired) electrons. The largest absolute Gasteiger partial charge is 0.421 e. The van der Waals surface area contributed by atoms with Crippen LogP contribution < -0.4 is 10.9 Å². The van der Waals surface area contributed by atoms with Crippen LogP contribution in [0.2, 0.25) is 0 Å². The van der Waals surface area contributed by atoms with E-state index in [-0.39, 0.29) is 0 Å². The standard InChI is InChI=1S/C20H19F3N4O2/c1-12-6-8-15(9-7-12)27-14(3)18(13(2)25-27)24-17(28)11-26-10-4-5-16(19(26)29)20(21,22)23/h4-10H,11H2,1-3H3,(H,24,28). The summed E-state index contributed by atoms with van der Waals surface area (Å²) in [5, 5.41) is 7.07. The molecular formula is C20H19F3N4O2. The number of rotatable bonds is 4. The first kappa shape index (κ1) is 20.4. The van der Waals surface area contributed by atoms with Crippen molar-refractivity contribution in [2.45, 2.75) is 33.5 Å². The number of aryl methyl sites for hydroxylation is 2. The number of pyridine rings is 1. The number of carbonyl (C=O) groups is 1. The maximum Gasteiger partial charge on any atom is 0.421 e. The third kappa shape index (κ3) is 4.23. The van der Waals surface area contributed by atoms with Crippen LogP contribution in [0.3, 0.4) is 0 Å². The van der Waals surface area contributed by atoms with Crippen molar-refractivity contribution in [3.63, 3.8) is 0 Å². The Morgan fingerprint density at radius 1 is 1.10 bits per heavy atom. The Kier molecular flexibility index (Phi) is 5.32. The fraction of sp³-hybridized carbons (Fsp3) is 0.250. The molecule has 9 heteroatoms. The van der Waals surface area contributed by atoms with Crippen LogP contribution in [0.15, 0.2) is 47.4 Å². The summed E-state index contributed by atoms with van der Waals surface area (Å²) in [4.78, 5) is 24.4. The van der Waals surface area contributed by atoms with Gasteiger partial charge in [0.2, 0.25) is 5.91 Å². The molecule has 0 saturated carbocycles. The lowest BCUT2D eigenvalue weighted by Gasteiger charge is -2.11. The number of nitrogens with zero attached hydrogens (tertiary/aromatic N) is 3. The molecule has 1 aromatic carbocycles. The summed E-state index contributed by atoms with van der Waals surface area (Å²) in [7, 11) is 0. The average molecular weight is 404 g/mol. The van der Waals surface area contributed by atoms with E-state index in [2.05, 4.69) is 10.4 Å². The van der Waals surface area contributed by atoms with Crippen molar-refractivity contribution in [1.29, 1.82) is 0 Å². The monoisotopic (exact) mass is 404 g/mol. The van der Waals surface area contributed by atoms with Gasteiger partial charge >= 0.3 is 6.18 Å². The van der Waals surface area contributed by atoms with Gasteiger partial charge < -0.3 is 9.88 Å². The van der Waals surface area contributed by atoms with E-state index < -0.39 is 29.8 Å². The van der Waals surface area contributed by atoms with Crippen LogP contribution in [-0.2, 0) is 17.5 Å². The second kappa shape index (κ2) is 7.57. The van der Waals surface area contributed by atoms with Crippen molar-refractivity contribution >= 4 is 11.6 Å². The minimum Gasteiger partial charge on any atom is -0.321 e. The normalized spacial score (nSPS) is 11.5. The molecule has 0 fully saturated rings. The highest BCUT2D eigenvalue weighted by molar-refractivity contribution is 5.91. The number of nitrogens with one attached hydrogen (secondary N) is 1. The van der Waals surface area contributed by atoms with Crippen LogP contribution in [0.1, 0.15) is 22.5 Å². The van der Waals surface area contributed by atoms with Gasteiger partial charge in [0.15, 0.2) is 0 Å². The molecule has 1 amide bonds. The van der Waals surface area contributed by atoms with E-state index in [4.69, 9.17) is 0 Å². The van der Waals surface area contributed by atoms with Gasteiger partial charge in [0.05, 0.1) is 22.8 Å². The zero-order valence-corrected chi connectivity index (χ0v) is 16.0. The van der Waals surface area contributed by atoms with E-state index in [1.165, 1.54) is 0 Å². The molecule has 2 heterocycles. The topological polar surface area (TPSA) is 68.9 Å². The minimum atomic E-state index is -4.78. The molecule has 0 saturated heterocycles. The van der Waals surface area contributed by atoms with E-state index in [9.17, 15) is 22.8 Å². The third-order valence-electron chi connectivity index (χ3n) is 4.47. The van der Waals surface area contributed by atoms with Gasteiger partial charge in [-0.15, -0.1) is 0 Å². The molecule has 1 N–H and O–H groups in total. The Morgan fingerprint density at radius 2 is 1.76 bits per heavy atom. The van der Waals surface area contributed by atoms with Crippen LogP contribution in [0.4, 0.5) is 18.9 Å². The number of hydrogen-bond donors (Lipinski definition) is 1. The predicted molar refractivity (Wildman–Crippen MR) is 102 cm³/mol. The van der Waals surface area contributed by atoms with Gasteiger partial charge in [-0.25, -0.2) is 4.68 Å². The van der Waals surface area contributed by atoms with Crippen molar-refractivity contribution in [2.75, 3.05) is 5.32 Å². The second-order valence-electron chi connectivity index (χ2n) is 6.69. The van der Waals surface area contributed by atoms with Crippen molar-refractivity contribution in [3.8, 4) is 5.69 Å². The summed E-state index contributed by atoms with van der Waals surface area (Å²) >= 11 is 0. The first-order chi connectivity index (χ1) is 13.6.